The van der Waals surface area contributed by atoms with Crippen LogP contribution in [0.5, 0.6) is 0 Å². The van der Waals surface area contributed by atoms with Crippen molar-refractivity contribution in [2.45, 2.75) is 6.92 Å². The molecule has 0 saturated carbocycles. The molecule has 8 nitrogen and oxygen atoms in total. The number of pyridine rings is 2. The van der Waals surface area contributed by atoms with Gasteiger partial charge in [0.15, 0.2) is 28.8 Å². The molecule has 1 aliphatic heterocycles. The molecule has 30 heavy (non-hydrogen) atoms. The minimum absolute atomic E-state index is 0. The Hall–Kier alpha value is -3.11. The lowest BCUT2D eigenvalue weighted by molar-refractivity contribution is 0.582. The van der Waals surface area contributed by atoms with Gasteiger partial charge in [0.25, 0.3) is 0 Å². The lowest BCUT2D eigenvalue weighted by Gasteiger charge is -2.29. The van der Waals surface area contributed by atoms with E-state index in [-0.39, 0.29) is 35.1 Å². The number of nitrogens with one attached hydrogen (secondary N) is 1. The van der Waals surface area contributed by atoms with Gasteiger partial charge in [-0.1, -0.05) is 0 Å². The van der Waals surface area contributed by atoms with Crippen molar-refractivity contribution >= 4 is 29.4 Å². The molecule has 0 aromatic carbocycles. The molecule has 0 bridgehead atoms. The van der Waals surface area contributed by atoms with E-state index in [9.17, 15) is 13.6 Å². The quantitative estimate of drug-likeness (QED) is 0.519. The number of imidazole rings is 1. The Bertz CT molecular complexity index is 1310. The maximum atomic E-state index is 14.8. The van der Waals surface area contributed by atoms with E-state index < -0.39 is 17.3 Å². The van der Waals surface area contributed by atoms with Gasteiger partial charge in [-0.05, 0) is 13.0 Å². The van der Waals surface area contributed by atoms with Crippen LogP contribution in [0.15, 0.2) is 35.5 Å². The van der Waals surface area contributed by atoms with Gasteiger partial charge in [-0.3, -0.25) is 0 Å². The Kier molecular flexibility index (Phi) is 5.12. The molecule has 0 spiro atoms. The van der Waals surface area contributed by atoms with Gasteiger partial charge in [0.1, 0.15) is 0 Å². The van der Waals surface area contributed by atoms with Gasteiger partial charge in [0, 0.05) is 56.4 Å². The highest BCUT2D eigenvalue weighted by molar-refractivity contribution is 5.85. The molecule has 156 valence electrons. The summed E-state index contributed by atoms with van der Waals surface area (Å²) in [5, 5.41) is 3.23. The molecule has 1 N–H and O–H groups in total. The fraction of sp³-hybridized carbons (Fsp3) is 0.263. The SMILES string of the molecule is Cc1cn2cc(-c3nc(=O)n4cc(N5CCNCC5)cc(F)c4n3)cc(F)c2n1.Cl. The van der Waals surface area contributed by atoms with Crippen molar-refractivity contribution in [1.29, 1.82) is 0 Å². The van der Waals surface area contributed by atoms with Crippen molar-refractivity contribution in [3.05, 3.63) is 58.5 Å². The van der Waals surface area contributed by atoms with Gasteiger partial charge in [-0.25, -0.2) is 27.9 Å². The highest BCUT2D eigenvalue weighted by Gasteiger charge is 2.17. The molecule has 5 heterocycles. The summed E-state index contributed by atoms with van der Waals surface area (Å²) in [6.45, 7) is 4.73. The molecule has 1 fully saturated rings. The molecule has 0 unspecified atom stereocenters. The standard InChI is InChI=1S/C19H17F2N7O.ClH/c1-11-8-27-9-12(6-14(20)17(27)23-11)16-24-18-15(21)7-13(10-28(18)19(29)25-16)26-4-2-22-3-5-26;/h6-10,22H,2-5H2,1H3;1H. The van der Waals surface area contributed by atoms with Gasteiger partial charge in [0.05, 0.1) is 11.4 Å². The van der Waals surface area contributed by atoms with Crippen LogP contribution in [0.3, 0.4) is 0 Å². The van der Waals surface area contributed by atoms with Crippen LogP contribution in [-0.4, -0.2) is 49.9 Å². The van der Waals surface area contributed by atoms with Gasteiger partial charge >= 0.3 is 5.69 Å². The summed E-state index contributed by atoms with van der Waals surface area (Å²) in [5.74, 6) is -1.26. The topological polar surface area (TPSA) is 79.8 Å². The van der Waals surface area contributed by atoms with Crippen LogP contribution < -0.4 is 15.9 Å². The highest BCUT2D eigenvalue weighted by Crippen LogP contribution is 2.22. The van der Waals surface area contributed by atoms with E-state index in [1.807, 2.05) is 4.90 Å². The summed E-state index contributed by atoms with van der Waals surface area (Å²) in [4.78, 5) is 26.8. The average Bonchev–Trinajstić information content (AvgIpc) is 3.10. The predicted molar refractivity (Wildman–Crippen MR) is 110 cm³/mol. The zero-order valence-corrected chi connectivity index (χ0v) is 16.8. The Morgan fingerprint density at radius 3 is 2.47 bits per heavy atom. The normalized spacial score (nSPS) is 14.3. The number of hydrogen-bond acceptors (Lipinski definition) is 6. The molecule has 5 rings (SSSR count). The minimum atomic E-state index is -0.678. The lowest BCUT2D eigenvalue weighted by atomic mass is 10.2. The van der Waals surface area contributed by atoms with E-state index in [0.29, 0.717) is 24.5 Å². The maximum Gasteiger partial charge on any atom is 0.355 e. The Morgan fingerprint density at radius 1 is 0.967 bits per heavy atom. The van der Waals surface area contributed by atoms with Gasteiger partial charge in [-0.15, -0.1) is 12.4 Å². The molecular formula is C19H18ClF2N7O. The molecule has 0 amide bonds. The van der Waals surface area contributed by atoms with Crippen LogP contribution in [0.2, 0.25) is 0 Å². The molecular weight excluding hydrogens is 416 g/mol. The van der Waals surface area contributed by atoms with Crippen LogP contribution in [0, 0.1) is 18.6 Å². The van der Waals surface area contributed by atoms with E-state index in [1.165, 1.54) is 16.5 Å². The summed E-state index contributed by atoms with van der Waals surface area (Å²) < 4.78 is 31.8. The molecule has 0 atom stereocenters. The monoisotopic (exact) mass is 433 g/mol. The minimum Gasteiger partial charge on any atom is -0.368 e. The molecule has 0 aliphatic carbocycles. The molecule has 4 aromatic rings. The third-order valence-corrected chi connectivity index (χ3v) is 4.96. The first-order valence-corrected chi connectivity index (χ1v) is 9.20. The molecule has 0 radical (unpaired) electrons. The summed E-state index contributed by atoms with van der Waals surface area (Å²) in [5.41, 5.74) is 0.834. The third kappa shape index (κ3) is 3.37. The Morgan fingerprint density at radius 2 is 1.70 bits per heavy atom. The number of aryl methyl sites for hydroxylation is 1. The van der Waals surface area contributed by atoms with Crippen molar-refractivity contribution < 1.29 is 8.78 Å². The molecule has 1 saturated heterocycles. The smallest absolute Gasteiger partial charge is 0.355 e. The number of piperazine rings is 1. The highest BCUT2D eigenvalue weighted by atomic mass is 35.5. The fourth-order valence-corrected chi connectivity index (χ4v) is 3.59. The Balaban J connectivity index is 0.00000218. The van der Waals surface area contributed by atoms with E-state index >= 15 is 0 Å². The van der Waals surface area contributed by atoms with Crippen LogP contribution in [0.1, 0.15) is 5.69 Å². The van der Waals surface area contributed by atoms with Crippen LogP contribution in [0.4, 0.5) is 14.5 Å². The Labute approximate surface area is 175 Å². The van der Waals surface area contributed by atoms with Crippen LogP contribution >= 0.6 is 12.4 Å². The third-order valence-electron chi connectivity index (χ3n) is 4.96. The number of fused-ring (bicyclic) bond motifs is 2. The first-order valence-electron chi connectivity index (χ1n) is 9.20. The number of hydrogen-bond donors (Lipinski definition) is 1. The average molecular weight is 434 g/mol. The van der Waals surface area contributed by atoms with E-state index in [4.69, 9.17) is 0 Å². The fourth-order valence-electron chi connectivity index (χ4n) is 3.59. The van der Waals surface area contributed by atoms with E-state index in [1.54, 1.807) is 25.5 Å². The number of nitrogens with zero attached hydrogens (tertiary/aromatic N) is 6. The van der Waals surface area contributed by atoms with Crippen molar-refractivity contribution in [2.24, 2.45) is 0 Å². The first-order chi connectivity index (χ1) is 14.0. The number of rotatable bonds is 2. The largest absolute Gasteiger partial charge is 0.368 e. The predicted octanol–water partition coefficient (Wildman–Crippen LogP) is 1.82. The van der Waals surface area contributed by atoms with Crippen molar-refractivity contribution in [2.75, 3.05) is 31.1 Å². The lowest BCUT2D eigenvalue weighted by Crippen LogP contribution is -2.43. The second-order valence-corrected chi connectivity index (χ2v) is 7.00. The molecule has 4 aromatic heterocycles. The second kappa shape index (κ2) is 7.62. The van der Waals surface area contributed by atoms with Crippen molar-refractivity contribution in [1.82, 2.24) is 29.1 Å². The maximum absolute atomic E-state index is 14.8. The number of aromatic nitrogens is 5. The van der Waals surface area contributed by atoms with Crippen LogP contribution in [-0.2, 0) is 0 Å². The van der Waals surface area contributed by atoms with E-state index in [2.05, 4.69) is 20.3 Å². The van der Waals surface area contributed by atoms with Gasteiger partial charge in [0.2, 0.25) is 0 Å². The molecule has 11 heteroatoms. The van der Waals surface area contributed by atoms with Gasteiger partial charge in [-0.2, -0.15) is 4.98 Å². The zero-order valence-electron chi connectivity index (χ0n) is 16.0. The zero-order chi connectivity index (χ0) is 20.1. The summed E-state index contributed by atoms with van der Waals surface area (Å²) in [6, 6.07) is 2.56. The van der Waals surface area contributed by atoms with Crippen molar-refractivity contribution in [3.8, 4) is 11.4 Å². The van der Waals surface area contributed by atoms with Gasteiger partial charge < -0.3 is 14.6 Å². The first kappa shape index (κ1) is 20.2. The molecule has 1 aliphatic rings. The summed E-state index contributed by atoms with van der Waals surface area (Å²) in [7, 11) is 0. The van der Waals surface area contributed by atoms with E-state index in [0.717, 1.165) is 17.5 Å². The number of anilines is 1. The summed E-state index contributed by atoms with van der Waals surface area (Å²) >= 11 is 0. The summed E-state index contributed by atoms with van der Waals surface area (Å²) in [6.07, 6.45) is 4.76. The number of halogens is 3. The van der Waals surface area contributed by atoms with Crippen molar-refractivity contribution in [3.63, 3.8) is 0 Å². The van der Waals surface area contributed by atoms with Crippen LogP contribution in [0.25, 0.3) is 22.7 Å². The second-order valence-electron chi connectivity index (χ2n) is 7.00.